The van der Waals surface area contributed by atoms with Crippen LogP contribution in [-0.4, -0.2) is 45.2 Å². The summed E-state index contributed by atoms with van der Waals surface area (Å²) >= 11 is 6.39. The van der Waals surface area contributed by atoms with Crippen LogP contribution in [0.25, 0.3) is 22.8 Å². The lowest BCUT2D eigenvalue weighted by molar-refractivity contribution is -0.137. The number of carboxylic acids is 1. The largest absolute Gasteiger partial charge is 0.481 e. The number of piperidine rings is 1. The first-order chi connectivity index (χ1) is 16.2. The molecule has 34 heavy (non-hydrogen) atoms. The Hall–Kier alpha value is -3.07. The van der Waals surface area contributed by atoms with Crippen molar-refractivity contribution in [3.63, 3.8) is 0 Å². The lowest BCUT2D eigenvalue weighted by Gasteiger charge is -2.33. The highest BCUT2D eigenvalue weighted by atomic mass is 35.5. The number of carboxylic acid groups (broad SMARTS) is 1. The van der Waals surface area contributed by atoms with Gasteiger partial charge >= 0.3 is 5.97 Å². The summed E-state index contributed by atoms with van der Waals surface area (Å²) in [6, 6.07) is 5.45. The van der Waals surface area contributed by atoms with Crippen molar-refractivity contribution in [2.45, 2.75) is 50.9 Å². The molecule has 3 aromatic rings. The van der Waals surface area contributed by atoms with Gasteiger partial charge in [0.25, 0.3) is 11.8 Å². The van der Waals surface area contributed by atoms with Crippen molar-refractivity contribution >= 4 is 23.4 Å². The van der Waals surface area contributed by atoms with Crippen LogP contribution in [0.2, 0.25) is 5.02 Å². The summed E-state index contributed by atoms with van der Waals surface area (Å²) in [6.45, 7) is 2.04. The van der Waals surface area contributed by atoms with Crippen molar-refractivity contribution in [1.82, 2.24) is 15.1 Å². The van der Waals surface area contributed by atoms with Gasteiger partial charge in [0.15, 0.2) is 0 Å². The van der Waals surface area contributed by atoms with E-state index in [-0.39, 0.29) is 29.7 Å². The van der Waals surface area contributed by atoms with Gasteiger partial charge < -0.3 is 14.5 Å². The maximum absolute atomic E-state index is 13.8. The van der Waals surface area contributed by atoms with E-state index in [9.17, 15) is 13.6 Å². The Morgan fingerprint density at radius 1 is 1.38 bits per heavy atom. The first kappa shape index (κ1) is 22.7. The Morgan fingerprint density at radius 2 is 2.21 bits per heavy atom. The monoisotopic (exact) mass is 488 g/mol. The molecule has 1 saturated heterocycles. The third-order valence-corrected chi connectivity index (χ3v) is 6.94. The molecule has 1 atom stereocenters. The first-order valence-electron chi connectivity index (χ1n) is 11.2. The molecule has 178 valence electrons. The Bertz CT molecular complexity index is 1260. The van der Waals surface area contributed by atoms with E-state index in [1.54, 1.807) is 6.07 Å². The Morgan fingerprint density at radius 3 is 2.94 bits per heavy atom. The van der Waals surface area contributed by atoms with E-state index in [0.717, 1.165) is 35.1 Å². The molecule has 7 nitrogen and oxygen atoms in total. The summed E-state index contributed by atoms with van der Waals surface area (Å²) in [5, 5.41) is 13.5. The maximum Gasteiger partial charge on any atom is 0.303 e. The quantitative estimate of drug-likeness (QED) is 0.506. The number of halogens is 3. The van der Waals surface area contributed by atoms with Crippen LogP contribution in [0.15, 0.2) is 28.9 Å². The van der Waals surface area contributed by atoms with Crippen LogP contribution in [-0.2, 0) is 11.2 Å². The van der Waals surface area contributed by atoms with E-state index in [1.165, 1.54) is 11.1 Å². The standard InChI is InChI=1S/C24H23ClF2N4O3/c1-13-16-4-3-14(10-20(32)33)18(16)6-5-17(13)21-29-23(34-30-21)15-9-19(25)22(28-11-15)31-8-2-7-24(26,27)12-31/h5-6,9,11,14H,2-4,7-8,10,12H2,1H3,(H,32,33). The molecule has 3 heterocycles. The summed E-state index contributed by atoms with van der Waals surface area (Å²) in [6.07, 6.45) is 3.48. The van der Waals surface area contributed by atoms with Gasteiger partial charge in [-0.15, -0.1) is 0 Å². The number of hydrogen-bond acceptors (Lipinski definition) is 6. The fraction of sp³-hybridized carbons (Fsp3) is 0.417. The van der Waals surface area contributed by atoms with Crippen LogP contribution in [0.5, 0.6) is 0 Å². The number of carbonyl (C=O) groups is 1. The molecular formula is C24H23ClF2N4O3. The Kier molecular flexibility index (Phi) is 5.75. The molecular weight excluding hydrogens is 466 g/mol. The minimum Gasteiger partial charge on any atom is -0.481 e. The molecule has 5 rings (SSSR count). The highest BCUT2D eigenvalue weighted by Gasteiger charge is 2.36. The Labute approximate surface area is 199 Å². The van der Waals surface area contributed by atoms with E-state index >= 15 is 0 Å². The minimum absolute atomic E-state index is 0.0210. The zero-order chi connectivity index (χ0) is 24.0. The SMILES string of the molecule is Cc1c(-c2noc(-c3cnc(N4CCCC(F)(F)C4)c(Cl)c3)n2)ccc2c1CCC2CC(=O)O. The van der Waals surface area contributed by atoms with Gasteiger partial charge in [0.05, 0.1) is 23.6 Å². The van der Waals surface area contributed by atoms with Crippen molar-refractivity contribution in [2.24, 2.45) is 0 Å². The molecule has 1 aromatic carbocycles. The molecule has 0 amide bonds. The van der Waals surface area contributed by atoms with Crippen LogP contribution in [0.1, 0.15) is 48.3 Å². The van der Waals surface area contributed by atoms with Crippen LogP contribution >= 0.6 is 11.6 Å². The van der Waals surface area contributed by atoms with Crippen LogP contribution in [0.3, 0.4) is 0 Å². The number of aliphatic carboxylic acids is 1. The number of hydrogen-bond donors (Lipinski definition) is 1. The van der Waals surface area contributed by atoms with Gasteiger partial charge in [-0.1, -0.05) is 28.9 Å². The van der Waals surface area contributed by atoms with Gasteiger partial charge in [-0.3, -0.25) is 4.79 Å². The number of benzene rings is 1. The molecule has 1 aliphatic heterocycles. The minimum atomic E-state index is -2.76. The van der Waals surface area contributed by atoms with Gasteiger partial charge in [0, 0.05) is 24.7 Å². The second-order valence-corrected chi connectivity index (χ2v) is 9.38. The first-order valence-corrected chi connectivity index (χ1v) is 11.6. The topological polar surface area (TPSA) is 92.4 Å². The van der Waals surface area contributed by atoms with E-state index in [2.05, 4.69) is 15.1 Å². The summed E-state index contributed by atoms with van der Waals surface area (Å²) in [7, 11) is 0. The molecule has 1 unspecified atom stereocenters. The van der Waals surface area contributed by atoms with Crippen LogP contribution < -0.4 is 4.90 Å². The highest BCUT2D eigenvalue weighted by molar-refractivity contribution is 6.33. The highest BCUT2D eigenvalue weighted by Crippen LogP contribution is 2.40. The average Bonchev–Trinajstić information content (AvgIpc) is 3.41. The number of pyridine rings is 1. The summed E-state index contributed by atoms with van der Waals surface area (Å²) in [5.74, 6) is -2.58. The Balaban J connectivity index is 1.40. The number of aromatic nitrogens is 3. The molecule has 0 saturated carbocycles. The van der Waals surface area contributed by atoms with Gasteiger partial charge in [0.2, 0.25) is 5.82 Å². The smallest absolute Gasteiger partial charge is 0.303 e. The number of nitrogens with zero attached hydrogens (tertiary/aromatic N) is 4. The normalized spacial score (nSPS) is 19.3. The van der Waals surface area contributed by atoms with E-state index in [0.29, 0.717) is 30.2 Å². The molecule has 0 radical (unpaired) electrons. The third kappa shape index (κ3) is 4.24. The summed E-state index contributed by atoms with van der Waals surface area (Å²) in [5.41, 5.74) is 4.53. The molecule has 1 N–H and O–H groups in total. The molecule has 10 heteroatoms. The van der Waals surface area contributed by atoms with Gasteiger partial charge in [-0.2, -0.15) is 4.98 Å². The van der Waals surface area contributed by atoms with Gasteiger partial charge in [-0.25, -0.2) is 13.8 Å². The second kappa shape index (κ2) is 8.61. The van der Waals surface area contributed by atoms with Crippen LogP contribution in [0.4, 0.5) is 14.6 Å². The molecule has 0 spiro atoms. The fourth-order valence-corrected chi connectivity index (χ4v) is 5.29. The number of rotatable bonds is 5. The fourth-order valence-electron chi connectivity index (χ4n) is 5.01. The zero-order valence-electron chi connectivity index (χ0n) is 18.5. The number of fused-ring (bicyclic) bond motifs is 1. The van der Waals surface area contributed by atoms with Gasteiger partial charge in [0.1, 0.15) is 5.82 Å². The number of anilines is 1. The van der Waals surface area contributed by atoms with Crippen molar-refractivity contribution in [3.8, 4) is 22.8 Å². The zero-order valence-corrected chi connectivity index (χ0v) is 19.3. The van der Waals surface area contributed by atoms with E-state index < -0.39 is 18.4 Å². The lowest BCUT2D eigenvalue weighted by Crippen LogP contribution is -2.43. The van der Waals surface area contributed by atoms with Crippen molar-refractivity contribution < 1.29 is 23.2 Å². The van der Waals surface area contributed by atoms with Crippen molar-refractivity contribution in [3.05, 3.63) is 46.1 Å². The lowest BCUT2D eigenvalue weighted by atomic mass is 9.93. The van der Waals surface area contributed by atoms with Crippen molar-refractivity contribution in [1.29, 1.82) is 0 Å². The third-order valence-electron chi connectivity index (χ3n) is 6.67. The van der Waals surface area contributed by atoms with Crippen LogP contribution in [0, 0.1) is 6.92 Å². The van der Waals surface area contributed by atoms with E-state index in [1.807, 2.05) is 19.1 Å². The maximum atomic E-state index is 13.8. The predicted molar refractivity (Wildman–Crippen MR) is 122 cm³/mol. The summed E-state index contributed by atoms with van der Waals surface area (Å²) < 4.78 is 33.1. The molecule has 0 bridgehead atoms. The van der Waals surface area contributed by atoms with E-state index in [4.69, 9.17) is 21.2 Å². The summed E-state index contributed by atoms with van der Waals surface area (Å²) in [4.78, 5) is 21.5. The molecule has 1 fully saturated rings. The second-order valence-electron chi connectivity index (χ2n) is 8.97. The van der Waals surface area contributed by atoms with Crippen molar-refractivity contribution in [2.75, 3.05) is 18.0 Å². The molecule has 2 aromatic heterocycles. The number of alkyl halides is 2. The predicted octanol–water partition coefficient (Wildman–Crippen LogP) is 5.50. The molecule has 1 aliphatic carbocycles. The van der Waals surface area contributed by atoms with Gasteiger partial charge in [-0.05, 0) is 54.9 Å². The molecule has 2 aliphatic rings. The average molecular weight is 489 g/mol.